The summed E-state index contributed by atoms with van der Waals surface area (Å²) in [6, 6.07) is 16.0. The topological polar surface area (TPSA) is 75.7 Å². The van der Waals surface area contributed by atoms with Gasteiger partial charge in [-0.05, 0) is 48.0 Å². The molecular weight excluding hydrogens is 470 g/mol. The van der Waals surface area contributed by atoms with Crippen LogP contribution in [0.25, 0.3) is 6.08 Å². The lowest BCUT2D eigenvalue weighted by molar-refractivity contribution is -0.122. The molecular formula is C24H15Cl2FN2O4. The predicted octanol–water partition coefficient (Wildman–Crippen LogP) is 5.38. The first-order valence-electron chi connectivity index (χ1n) is 9.66. The Morgan fingerprint density at radius 1 is 0.970 bits per heavy atom. The van der Waals surface area contributed by atoms with E-state index in [2.05, 4.69) is 5.32 Å². The molecule has 0 saturated carbocycles. The van der Waals surface area contributed by atoms with Crippen LogP contribution in [0.4, 0.5) is 14.9 Å². The molecule has 1 aliphatic rings. The minimum Gasteiger partial charge on any atom is -0.489 e. The molecule has 0 bridgehead atoms. The number of hydrogen-bond acceptors (Lipinski definition) is 4. The Labute approximate surface area is 198 Å². The van der Waals surface area contributed by atoms with Crippen molar-refractivity contribution in [2.45, 2.75) is 6.61 Å². The third-order valence-corrected chi connectivity index (χ3v) is 5.38. The van der Waals surface area contributed by atoms with Gasteiger partial charge in [-0.3, -0.25) is 14.9 Å². The summed E-state index contributed by atoms with van der Waals surface area (Å²) in [6.45, 7) is 0.219. The number of nitrogens with zero attached hydrogens (tertiary/aromatic N) is 1. The molecule has 0 radical (unpaired) electrons. The molecule has 1 N–H and O–H groups in total. The number of hydrogen-bond donors (Lipinski definition) is 1. The molecule has 1 aliphatic heterocycles. The fourth-order valence-electron chi connectivity index (χ4n) is 3.14. The van der Waals surface area contributed by atoms with Crippen LogP contribution in [0.5, 0.6) is 5.75 Å². The lowest BCUT2D eigenvalue weighted by atomic mass is 10.1. The maximum absolute atomic E-state index is 14.1. The summed E-state index contributed by atoms with van der Waals surface area (Å²) in [5.41, 5.74) is 0.713. The van der Waals surface area contributed by atoms with Gasteiger partial charge in [-0.1, -0.05) is 53.5 Å². The Kier molecular flexibility index (Phi) is 6.44. The fourth-order valence-corrected chi connectivity index (χ4v) is 3.60. The Hall–Kier alpha value is -3.68. The molecule has 1 saturated heterocycles. The molecule has 0 aliphatic carbocycles. The number of benzene rings is 3. The first kappa shape index (κ1) is 22.5. The van der Waals surface area contributed by atoms with E-state index in [4.69, 9.17) is 27.9 Å². The monoisotopic (exact) mass is 484 g/mol. The van der Waals surface area contributed by atoms with Gasteiger partial charge in [-0.25, -0.2) is 14.1 Å². The normalized spacial score (nSPS) is 15.1. The number of amides is 4. The lowest BCUT2D eigenvalue weighted by Gasteiger charge is -2.26. The van der Waals surface area contributed by atoms with Crippen LogP contribution in [-0.2, 0) is 16.2 Å². The number of halogens is 3. The van der Waals surface area contributed by atoms with Gasteiger partial charge in [0, 0.05) is 15.6 Å². The molecule has 9 heteroatoms. The second-order valence-electron chi connectivity index (χ2n) is 7.00. The van der Waals surface area contributed by atoms with Gasteiger partial charge >= 0.3 is 6.03 Å². The second kappa shape index (κ2) is 9.44. The predicted molar refractivity (Wildman–Crippen MR) is 123 cm³/mol. The SMILES string of the molecule is O=C1NC(=O)N(c2ccccc2F)C(=O)/C1=C\c1ccc(OCc2ccc(Cl)cc2Cl)cc1. The van der Waals surface area contributed by atoms with Gasteiger partial charge in [0.15, 0.2) is 0 Å². The Balaban J connectivity index is 1.52. The first-order valence-corrected chi connectivity index (χ1v) is 10.4. The maximum Gasteiger partial charge on any atom is 0.336 e. The highest BCUT2D eigenvalue weighted by molar-refractivity contribution is 6.39. The molecule has 4 amide bonds. The zero-order valence-corrected chi connectivity index (χ0v) is 18.4. The molecule has 0 spiro atoms. The van der Waals surface area contributed by atoms with E-state index in [1.807, 2.05) is 0 Å². The summed E-state index contributed by atoms with van der Waals surface area (Å²) in [5, 5.41) is 3.07. The van der Waals surface area contributed by atoms with Crippen molar-refractivity contribution >= 4 is 52.8 Å². The van der Waals surface area contributed by atoms with Crippen LogP contribution in [0.15, 0.2) is 72.3 Å². The van der Waals surface area contributed by atoms with Crippen LogP contribution >= 0.6 is 23.2 Å². The number of anilines is 1. The van der Waals surface area contributed by atoms with Gasteiger partial charge in [-0.15, -0.1) is 0 Å². The molecule has 0 atom stereocenters. The van der Waals surface area contributed by atoms with Crippen molar-refractivity contribution in [3.8, 4) is 5.75 Å². The fraction of sp³-hybridized carbons (Fsp3) is 0.0417. The largest absolute Gasteiger partial charge is 0.489 e. The highest BCUT2D eigenvalue weighted by Crippen LogP contribution is 2.26. The second-order valence-corrected chi connectivity index (χ2v) is 7.85. The van der Waals surface area contributed by atoms with E-state index in [1.54, 1.807) is 42.5 Å². The first-order chi connectivity index (χ1) is 15.8. The average molecular weight is 485 g/mol. The van der Waals surface area contributed by atoms with Crippen LogP contribution in [0.2, 0.25) is 10.0 Å². The molecule has 6 nitrogen and oxygen atoms in total. The van der Waals surface area contributed by atoms with Gasteiger partial charge < -0.3 is 4.74 Å². The third kappa shape index (κ3) is 4.89. The number of barbiturate groups is 1. The summed E-state index contributed by atoms with van der Waals surface area (Å²) in [5.74, 6) is -2.02. The minimum absolute atomic E-state index is 0.219. The number of carbonyl (C=O) groups is 3. The summed E-state index contributed by atoms with van der Waals surface area (Å²) < 4.78 is 19.9. The molecule has 0 unspecified atom stereocenters. The number of imide groups is 2. The standard InChI is InChI=1S/C24H15Cl2FN2O4/c25-16-8-7-15(19(26)12-16)13-33-17-9-5-14(6-10-17)11-18-22(30)28-24(32)29(23(18)31)21-4-2-1-3-20(21)27/h1-12H,13H2,(H,28,30,32)/b18-11-. The van der Waals surface area contributed by atoms with Crippen molar-refractivity contribution < 1.29 is 23.5 Å². The van der Waals surface area contributed by atoms with E-state index in [0.717, 1.165) is 11.6 Å². The number of nitrogens with one attached hydrogen (secondary N) is 1. The van der Waals surface area contributed by atoms with Gasteiger partial charge in [0.2, 0.25) is 0 Å². The molecule has 33 heavy (non-hydrogen) atoms. The minimum atomic E-state index is -1.02. The summed E-state index contributed by atoms with van der Waals surface area (Å²) >= 11 is 12.0. The number of para-hydroxylation sites is 1. The Morgan fingerprint density at radius 2 is 1.70 bits per heavy atom. The molecule has 3 aromatic rings. The zero-order chi connectivity index (χ0) is 23.5. The van der Waals surface area contributed by atoms with Crippen LogP contribution < -0.4 is 15.0 Å². The lowest BCUT2D eigenvalue weighted by Crippen LogP contribution is -2.54. The summed E-state index contributed by atoms with van der Waals surface area (Å²) in [6.07, 6.45) is 1.32. The number of rotatable bonds is 5. The van der Waals surface area contributed by atoms with Crippen molar-refractivity contribution in [3.05, 3.63) is 99.3 Å². The average Bonchev–Trinajstić information content (AvgIpc) is 2.78. The van der Waals surface area contributed by atoms with E-state index in [9.17, 15) is 18.8 Å². The van der Waals surface area contributed by atoms with Crippen molar-refractivity contribution in [2.24, 2.45) is 0 Å². The van der Waals surface area contributed by atoms with E-state index in [1.165, 1.54) is 24.3 Å². The van der Waals surface area contributed by atoms with Gasteiger partial charge in [0.05, 0.1) is 5.69 Å². The molecule has 4 rings (SSSR count). The number of urea groups is 1. The van der Waals surface area contributed by atoms with Crippen LogP contribution in [0.1, 0.15) is 11.1 Å². The van der Waals surface area contributed by atoms with Crippen molar-refractivity contribution in [2.75, 3.05) is 4.90 Å². The maximum atomic E-state index is 14.1. The smallest absolute Gasteiger partial charge is 0.336 e. The quantitative estimate of drug-likeness (QED) is 0.389. The number of carbonyl (C=O) groups excluding carboxylic acids is 3. The highest BCUT2D eigenvalue weighted by atomic mass is 35.5. The van der Waals surface area contributed by atoms with Gasteiger partial charge in [0.1, 0.15) is 23.7 Å². The van der Waals surface area contributed by atoms with Crippen LogP contribution in [0.3, 0.4) is 0 Å². The summed E-state index contributed by atoms with van der Waals surface area (Å²) in [4.78, 5) is 37.9. The van der Waals surface area contributed by atoms with Crippen LogP contribution in [0, 0.1) is 5.82 Å². The van der Waals surface area contributed by atoms with E-state index >= 15 is 0 Å². The molecule has 1 fully saturated rings. The van der Waals surface area contributed by atoms with E-state index < -0.39 is 23.7 Å². The van der Waals surface area contributed by atoms with Crippen molar-refractivity contribution in [3.63, 3.8) is 0 Å². The molecule has 166 valence electrons. The Morgan fingerprint density at radius 3 is 2.39 bits per heavy atom. The van der Waals surface area contributed by atoms with Crippen LogP contribution in [-0.4, -0.2) is 17.8 Å². The van der Waals surface area contributed by atoms with Crippen molar-refractivity contribution in [1.29, 1.82) is 0 Å². The van der Waals surface area contributed by atoms with Crippen molar-refractivity contribution in [1.82, 2.24) is 5.32 Å². The van der Waals surface area contributed by atoms with E-state index in [0.29, 0.717) is 26.3 Å². The van der Waals surface area contributed by atoms with Gasteiger partial charge in [0.25, 0.3) is 11.8 Å². The zero-order valence-electron chi connectivity index (χ0n) is 16.8. The third-order valence-electron chi connectivity index (χ3n) is 4.80. The molecule has 0 aromatic heterocycles. The highest BCUT2D eigenvalue weighted by Gasteiger charge is 2.37. The molecule has 3 aromatic carbocycles. The van der Waals surface area contributed by atoms with E-state index in [-0.39, 0.29) is 17.9 Å². The Bertz CT molecular complexity index is 1290. The molecule has 1 heterocycles. The summed E-state index contributed by atoms with van der Waals surface area (Å²) in [7, 11) is 0. The number of ether oxygens (including phenoxy) is 1. The van der Waals surface area contributed by atoms with Gasteiger partial charge in [-0.2, -0.15) is 0 Å².